The second-order valence-corrected chi connectivity index (χ2v) is 3.29. The van der Waals surface area contributed by atoms with Gasteiger partial charge in [-0.3, -0.25) is 5.32 Å². The van der Waals surface area contributed by atoms with Crippen molar-refractivity contribution in [3.05, 3.63) is 5.01 Å². The van der Waals surface area contributed by atoms with Crippen LogP contribution in [0.1, 0.15) is 5.01 Å². The number of ether oxygens (including phenoxy) is 1. The molecule has 1 heterocycles. The number of aliphatic hydroxyl groups excluding tert-OH is 1. The van der Waals surface area contributed by atoms with E-state index in [0.29, 0.717) is 5.13 Å². The lowest BCUT2D eigenvalue weighted by molar-refractivity contribution is 0.131. The highest BCUT2D eigenvalue weighted by molar-refractivity contribution is 7.15. The molecule has 72 valence electrons. The first-order chi connectivity index (χ1) is 6.22. The number of aliphatic hydroxyl groups is 1. The molecule has 2 N–H and O–H groups in total. The summed E-state index contributed by atoms with van der Waals surface area (Å²) in [4.78, 5) is 10.9. The molecule has 1 aromatic heterocycles. The summed E-state index contributed by atoms with van der Waals surface area (Å²) in [6.07, 6.45) is -0.634. The molecule has 0 bridgehead atoms. The number of nitrogens with zero attached hydrogens (tertiary/aromatic N) is 2. The maximum atomic E-state index is 10.9. The van der Waals surface area contributed by atoms with Crippen LogP contribution in [0.3, 0.4) is 0 Å². The van der Waals surface area contributed by atoms with Crippen molar-refractivity contribution in [2.45, 2.75) is 6.92 Å². The molecule has 0 saturated carbocycles. The van der Waals surface area contributed by atoms with Gasteiger partial charge < -0.3 is 9.84 Å². The Morgan fingerprint density at radius 1 is 1.69 bits per heavy atom. The molecule has 0 atom stereocenters. The third-order valence-electron chi connectivity index (χ3n) is 1.06. The molecular weight excluding hydrogens is 194 g/mol. The van der Waals surface area contributed by atoms with Crippen molar-refractivity contribution in [2.75, 3.05) is 18.5 Å². The molecule has 1 aromatic rings. The summed E-state index contributed by atoms with van der Waals surface area (Å²) in [5.41, 5.74) is 0. The van der Waals surface area contributed by atoms with Gasteiger partial charge in [-0.25, -0.2) is 4.79 Å². The van der Waals surface area contributed by atoms with E-state index >= 15 is 0 Å². The number of hydrogen-bond acceptors (Lipinski definition) is 6. The molecule has 0 fully saturated rings. The van der Waals surface area contributed by atoms with Crippen LogP contribution in [0.15, 0.2) is 0 Å². The minimum atomic E-state index is -0.634. The zero-order valence-electron chi connectivity index (χ0n) is 6.98. The van der Waals surface area contributed by atoms with Gasteiger partial charge in [0.2, 0.25) is 5.13 Å². The zero-order valence-corrected chi connectivity index (χ0v) is 7.80. The van der Waals surface area contributed by atoms with Crippen molar-refractivity contribution in [1.29, 1.82) is 0 Å². The molecule has 13 heavy (non-hydrogen) atoms. The minimum Gasteiger partial charge on any atom is -0.447 e. The molecule has 0 spiro atoms. The first-order valence-corrected chi connectivity index (χ1v) is 4.39. The topological polar surface area (TPSA) is 84.3 Å². The standard InChI is InChI=1S/C6H9N3O3S/c1-4-8-9-5(13-4)7-6(11)12-3-2-10/h10H,2-3H2,1H3,(H,7,9,11). The minimum absolute atomic E-state index is 0.0242. The third kappa shape index (κ3) is 3.34. The first-order valence-electron chi connectivity index (χ1n) is 3.57. The van der Waals surface area contributed by atoms with E-state index in [2.05, 4.69) is 20.3 Å². The predicted molar refractivity (Wildman–Crippen MR) is 46.7 cm³/mol. The number of amides is 1. The third-order valence-corrected chi connectivity index (χ3v) is 1.81. The van der Waals surface area contributed by atoms with Crippen LogP contribution in [0.5, 0.6) is 0 Å². The highest BCUT2D eigenvalue weighted by Crippen LogP contribution is 2.13. The average molecular weight is 203 g/mol. The van der Waals surface area contributed by atoms with Crippen LogP contribution < -0.4 is 5.32 Å². The number of rotatable bonds is 3. The number of carbonyl (C=O) groups excluding carboxylic acids is 1. The molecule has 0 aliphatic rings. The average Bonchev–Trinajstić information content (AvgIpc) is 2.48. The van der Waals surface area contributed by atoms with Crippen molar-refractivity contribution >= 4 is 22.6 Å². The molecule has 1 amide bonds. The number of nitrogens with one attached hydrogen (secondary N) is 1. The number of anilines is 1. The molecule has 0 aromatic carbocycles. The van der Waals surface area contributed by atoms with Crippen LogP contribution in [0.2, 0.25) is 0 Å². The van der Waals surface area contributed by atoms with Gasteiger partial charge in [0.25, 0.3) is 0 Å². The summed E-state index contributed by atoms with van der Waals surface area (Å²) in [6.45, 7) is 1.56. The lowest BCUT2D eigenvalue weighted by atomic mass is 10.8. The Balaban J connectivity index is 2.36. The molecule has 1 rings (SSSR count). The normalized spacial score (nSPS) is 9.69. The second-order valence-electron chi connectivity index (χ2n) is 2.11. The van der Waals surface area contributed by atoms with Crippen molar-refractivity contribution < 1.29 is 14.6 Å². The van der Waals surface area contributed by atoms with Gasteiger partial charge >= 0.3 is 6.09 Å². The van der Waals surface area contributed by atoms with Gasteiger partial charge in [-0.15, -0.1) is 10.2 Å². The Morgan fingerprint density at radius 2 is 2.46 bits per heavy atom. The monoisotopic (exact) mass is 203 g/mol. The lowest BCUT2D eigenvalue weighted by Crippen LogP contribution is -2.15. The van der Waals surface area contributed by atoms with Crippen molar-refractivity contribution in [1.82, 2.24) is 10.2 Å². The van der Waals surface area contributed by atoms with Gasteiger partial charge in [0.05, 0.1) is 6.61 Å². The van der Waals surface area contributed by atoms with Gasteiger partial charge in [-0.05, 0) is 6.92 Å². The van der Waals surface area contributed by atoms with Gasteiger partial charge in [-0.1, -0.05) is 11.3 Å². The van der Waals surface area contributed by atoms with Crippen LogP contribution in [-0.4, -0.2) is 34.6 Å². The summed E-state index contributed by atoms with van der Waals surface area (Å²) in [5.74, 6) is 0. The molecular formula is C6H9N3O3S. The summed E-state index contributed by atoms with van der Waals surface area (Å²) in [7, 11) is 0. The SMILES string of the molecule is Cc1nnc(NC(=O)OCCO)s1. The largest absolute Gasteiger partial charge is 0.447 e. The van der Waals surface area contributed by atoms with Crippen LogP contribution >= 0.6 is 11.3 Å². The quantitative estimate of drug-likeness (QED) is 0.742. The summed E-state index contributed by atoms with van der Waals surface area (Å²) in [6, 6.07) is 0. The van der Waals surface area contributed by atoms with E-state index in [-0.39, 0.29) is 13.2 Å². The Kier molecular flexibility index (Phi) is 3.59. The smallest absolute Gasteiger partial charge is 0.413 e. The molecule has 6 nitrogen and oxygen atoms in total. The molecule has 7 heteroatoms. The Hall–Kier alpha value is -1.21. The maximum Gasteiger partial charge on any atom is 0.413 e. The molecule has 0 aliphatic heterocycles. The number of hydrogen-bond donors (Lipinski definition) is 2. The van der Waals surface area contributed by atoms with E-state index < -0.39 is 6.09 Å². The van der Waals surface area contributed by atoms with Crippen LogP contribution in [-0.2, 0) is 4.74 Å². The zero-order chi connectivity index (χ0) is 9.68. The fraction of sp³-hybridized carbons (Fsp3) is 0.500. The van der Waals surface area contributed by atoms with E-state index in [9.17, 15) is 4.79 Å². The van der Waals surface area contributed by atoms with Crippen LogP contribution in [0.25, 0.3) is 0 Å². The Morgan fingerprint density at radius 3 is 3.00 bits per heavy atom. The fourth-order valence-corrected chi connectivity index (χ4v) is 1.19. The van der Waals surface area contributed by atoms with E-state index in [1.54, 1.807) is 6.92 Å². The summed E-state index contributed by atoms with van der Waals surface area (Å²) >= 11 is 1.25. The van der Waals surface area contributed by atoms with E-state index in [0.717, 1.165) is 5.01 Å². The van der Waals surface area contributed by atoms with Gasteiger partial charge in [-0.2, -0.15) is 0 Å². The summed E-state index contributed by atoms with van der Waals surface area (Å²) < 4.78 is 4.54. The van der Waals surface area contributed by atoms with Gasteiger partial charge in [0.15, 0.2) is 0 Å². The molecule has 0 unspecified atom stereocenters. The Bertz CT molecular complexity index is 288. The van der Waals surface area contributed by atoms with Crippen LogP contribution in [0, 0.1) is 6.92 Å². The molecule has 0 saturated heterocycles. The fourth-order valence-electron chi connectivity index (χ4n) is 0.609. The van der Waals surface area contributed by atoms with Crippen molar-refractivity contribution in [3.63, 3.8) is 0 Å². The predicted octanol–water partition coefficient (Wildman–Crippen LogP) is 0.387. The van der Waals surface area contributed by atoms with Gasteiger partial charge in [0.1, 0.15) is 11.6 Å². The molecule has 0 aliphatic carbocycles. The Labute approximate surface area is 78.6 Å². The number of carbonyl (C=O) groups is 1. The second kappa shape index (κ2) is 4.73. The van der Waals surface area contributed by atoms with Crippen molar-refractivity contribution in [2.24, 2.45) is 0 Å². The maximum absolute atomic E-state index is 10.9. The highest BCUT2D eigenvalue weighted by Gasteiger charge is 2.05. The van der Waals surface area contributed by atoms with Crippen molar-refractivity contribution in [3.8, 4) is 0 Å². The van der Waals surface area contributed by atoms with E-state index in [4.69, 9.17) is 5.11 Å². The van der Waals surface area contributed by atoms with E-state index in [1.165, 1.54) is 11.3 Å². The first kappa shape index (κ1) is 9.87. The number of aromatic nitrogens is 2. The van der Waals surface area contributed by atoms with E-state index in [1.807, 2.05) is 0 Å². The summed E-state index contributed by atoms with van der Waals surface area (Å²) in [5, 5.41) is 19.2. The molecule has 0 radical (unpaired) electrons. The number of aryl methyl sites for hydroxylation is 1. The lowest BCUT2D eigenvalue weighted by Gasteiger charge is -2.00. The van der Waals surface area contributed by atoms with Gasteiger partial charge in [0, 0.05) is 0 Å². The van der Waals surface area contributed by atoms with Crippen LogP contribution in [0.4, 0.5) is 9.93 Å². The highest BCUT2D eigenvalue weighted by atomic mass is 32.1.